The molecular weight excluding hydrogens is 597 g/mol. The molecule has 9 nitrogen and oxygen atoms in total. The fourth-order valence-corrected chi connectivity index (χ4v) is 5.92. The first kappa shape index (κ1) is 30.2. The predicted octanol–water partition coefficient (Wildman–Crippen LogP) is 6.93. The van der Waals surface area contributed by atoms with Gasteiger partial charge in [-0.25, -0.2) is 19.2 Å². The zero-order chi connectivity index (χ0) is 31.9. The Hall–Kier alpha value is -4.85. The summed E-state index contributed by atoms with van der Waals surface area (Å²) in [5.41, 5.74) is 5.10. The number of ether oxygens (including phenoxy) is 2. The maximum absolute atomic E-state index is 14.3. The lowest BCUT2D eigenvalue weighted by Gasteiger charge is -2.28. The SMILES string of the molecule is Cc1cc(Cc2nc3ccc(C(=O)O)cc3n2[C@@H]2COCC2(C)C)c(Cl)cc1-c1ccnc(OCc2ccc(C#N)cc2F)n1. The second-order valence-electron chi connectivity index (χ2n) is 11.8. The number of aryl methyl sites for hydroxylation is 1. The van der Waals surface area contributed by atoms with Crippen LogP contribution in [0, 0.1) is 29.5 Å². The van der Waals surface area contributed by atoms with E-state index in [1.54, 1.807) is 30.5 Å². The van der Waals surface area contributed by atoms with Gasteiger partial charge < -0.3 is 19.1 Å². The molecule has 0 bridgehead atoms. The van der Waals surface area contributed by atoms with Gasteiger partial charge in [-0.1, -0.05) is 37.6 Å². The standard InChI is InChI=1S/C34H29ClFN5O4/c1-19-10-23(13-31-39-28-7-6-21(32(42)43)12-29(28)41(31)30-17-44-18-34(30,2)3)25(35)14-24(19)27-8-9-38-33(40-27)45-16-22-5-4-20(15-37)11-26(22)36/h4-12,14,30H,13,16-18H2,1-3H3,(H,42,43)/t30-/m1/s1. The number of halogens is 2. The zero-order valence-electron chi connectivity index (χ0n) is 24.8. The lowest BCUT2D eigenvalue weighted by molar-refractivity contribution is 0.0697. The van der Waals surface area contributed by atoms with Crippen LogP contribution < -0.4 is 4.74 Å². The Morgan fingerprint density at radius 2 is 2.00 bits per heavy atom. The van der Waals surface area contributed by atoms with Gasteiger partial charge in [-0.3, -0.25) is 0 Å². The summed E-state index contributed by atoms with van der Waals surface area (Å²) < 4.78 is 28.0. The molecule has 3 aromatic carbocycles. The molecule has 0 saturated carbocycles. The average molecular weight is 626 g/mol. The van der Waals surface area contributed by atoms with Crippen molar-refractivity contribution in [3.8, 4) is 23.3 Å². The molecule has 1 N–H and O–H groups in total. The highest BCUT2D eigenvalue weighted by Crippen LogP contribution is 2.41. The molecule has 1 aliphatic rings. The Morgan fingerprint density at radius 3 is 2.71 bits per heavy atom. The minimum absolute atomic E-state index is 0.0436. The highest BCUT2D eigenvalue weighted by Gasteiger charge is 2.39. The third kappa shape index (κ3) is 5.97. The van der Waals surface area contributed by atoms with Crippen molar-refractivity contribution in [2.75, 3.05) is 13.2 Å². The van der Waals surface area contributed by atoms with Crippen LogP contribution in [0.1, 0.15) is 58.3 Å². The number of carbonyl (C=O) groups is 1. The van der Waals surface area contributed by atoms with E-state index in [4.69, 9.17) is 31.3 Å². The van der Waals surface area contributed by atoms with Crippen LogP contribution in [0.4, 0.5) is 4.39 Å². The summed E-state index contributed by atoms with van der Waals surface area (Å²) in [7, 11) is 0. The molecule has 1 aliphatic heterocycles. The molecule has 0 aliphatic carbocycles. The van der Waals surface area contributed by atoms with E-state index in [2.05, 4.69) is 28.4 Å². The number of fused-ring (bicyclic) bond motifs is 1. The molecule has 228 valence electrons. The van der Waals surface area contributed by atoms with Crippen molar-refractivity contribution in [3.05, 3.63) is 105 Å². The van der Waals surface area contributed by atoms with E-state index in [9.17, 15) is 14.3 Å². The lowest BCUT2D eigenvalue weighted by Crippen LogP contribution is -2.27. The molecule has 1 atom stereocenters. The Labute approximate surface area is 263 Å². The lowest BCUT2D eigenvalue weighted by atomic mass is 9.87. The van der Waals surface area contributed by atoms with Gasteiger partial charge in [0.25, 0.3) is 0 Å². The van der Waals surface area contributed by atoms with Gasteiger partial charge in [-0.15, -0.1) is 0 Å². The van der Waals surface area contributed by atoms with Gasteiger partial charge in [0, 0.05) is 34.2 Å². The Morgan fingerprint density at radius 1 is 1.18 bits per heavy atom. The number of hydrogen-bond acceptors (Lipinski definition) is 7. The third-order valence-corrected chi connectivity index (χ3v) is 8.52. The first-order chi connectivity index (χ1) is 21.5. The molecule has 0 radical (unpaired) electrons. The summed E-state index contributed by atoms with van der Waals surface area (Å²) in [6, 6.07) is 16.7. The number of carboxylic acids is 1. The monoisotopic (exact) mass is 625 g/mol. The summed E-state index contributed by atoms with van der Waals surface area (Å²) in [6.07, 6.45) is 1.98. The summed E-state index contributed by atoms with van der Waals surface area (Å²) in [5.74, 6) is -0.775. The second-order valence-corrected chi connectivity index (χ2v) is 12.2. The molecule has 5 aromatic rings. The highest BCUT2D eigenvalue weighted by atomic mass is 35.5. The van der Waals surface area contributed by atoms with Crippen LogP contribution >= 0.6 is 11.6 Å². The molecule has 2 aromatic heterocycles. The molecule has 11 heteroatoms. The van der Waals surface area contributed by atoms with Gasteiger partial charge in [0.05, 0.1) is 53.2 Å². The van der Waals surface area contributed by atoms with Gasteiger partial charge >= 0.3 is 12.0 Å². The van der Waals surface area contributed by atoms with Gasteiger partial charge in [-0.2, -0.15) is 10.2 Å². The number of benzene rings is 3. The Bertz CT molecular complexity index is 2000. The number of rotatable bonds is 8. The van der Waals surface area contributed by atoms with Crippen molar-refractivity contribution in [1.82, 2.24) is 19.5 Å². The molecular formula is C34H29ClFN5O4. The van der Waals surface area contributed by atoms with Crippen LogP contribution in [0.3, 0.4) is 0 Å². The molecule has 0 spiro atoms. The smallest absolute Gasteiger partial charge is 0.335 e. The second kappa shape index (κ2) is 11.9. The maximum Gasteiger partial charge on any atom is 0.335 e. The van der Waals surface area contributed by atoms with Crippen molar-refractivity contribution in [3.63, 3.8) is 0 Å². The van der Waals surface area contributed by atoms with Crippen molar-refractivity contribution < 1.29 is 23.8 Å². The Balaban J connectivity index is 1.30. The summed E-state index contributed by atoms with van der Waals surface area (Å²) in [6.45, 7) is 7.19. The van der Waals surface area contributed by atoms with E-state index in [1.807, 2.05) is 25.1 Å². The third-order valence-electron chi connectivity index (χ3n) is 8.16. The number of nitrogens with zero attached hydrogens (tertiary/aromatic N) is 5. The van der Waals surface area contributed by atoms with Crippen LogP contribution in [0.25, 0.3) is 22.3 Å². The highest BCUT2D eigenvalue weighted by molar-refractivity contribution is 6.31. The van der Waals surface area contributed by atoms with Gasteiger partial charge in [0.2, 0.25) is 0 Å². The van der Waals surface area contributed by atoms with E-state index >= 15 is 0 Å². The molecule has 1 saturated heterocycles. The number of hydrogen-bond donors (Lipinski definition) is 1. The van der Waals surface area contributed by atoms with Gasteiger partial charge in [0.1, 0.15) is 18.2 Å². The largest absolute Gasteiger partial charge is 0.478 e. The molecule has 1 fully saturated rings. The van der Waals surface area contributed by atoms with E-state index < -0.39 is 11.8 Å². The summed E-state index contributed by atoms with van der Waals surface area (Å²) in [4.78, 5) is 25.4. The quantitative estimate of drug-likeness (QED) is 0.197. The van der Waals surface area contributed by atoms with Crippen LogP contribution in [-0.2, 0) is 17.8 Å². The first-order valence-corrected chi connectivity index (χ1v) is 14.7. The van der Waals surface area contributed by atoms with Crippen molar-refractivity contribution >= 4 is 28.6 Å². The molecule has 0 amide bonds. The predicted molar refractivity (Wildman–Crippen MR) is 166 cm³/mol. The van der Waals surface area contributed by atoms with Crippen LogP contribution in [0.2, 0.25) is 5.02 Å². The van der Waals surface area contributed by atoms with Crippen LogP contribution in [0.5, 0.6) is 6.01 Å². The molecule has 45 heavy (non-hydrogen) atoms. The zero-order valence-corrected chi connectivity index (χ0v) is 25.6. The van der Waals surface area contributed by atoms with Crippen molar-refractivity contribution in [1.29, 1.82) is 5.26 Å². The number of aromatic nitrogens is 4. The number of imidazole rings is 1. The minimum atomic E-state index is -0.998. The van der Waals surface area contributed by atoms with E-state index in [0.717, 1.165) is 34.1 Å². The first-order valence-electron chi connectivity index (χ1n) is 14.3. The Kier molecular flexibility index (Phi) is 7.99. The van der Waals surface area contributed by atoms with Crippen LogP contribution in [-0.4, -0.2) is 43.8 Å². The average Bonchev–Trinajstić information content (AvgIpc) is 3.55. The number of carboxylic acid groups (broad SMARTS) is 1. The molecule has 6 rings (SSSR count). The summed E-state index contributed by atoms with van der Waals surface area (Å²) >= 11 is 6.88. The number of nitriles is 1. The normalized spacial score (nSPS) is 15.7. The fraction of sp³-hybridized carbons (Fsp3) is 0.265. The van der Waals surface area contributed by atoms with E-state index in [1.165, 1.54) is 12.1 Å². The van der Waals surface area contributed by atoms with E-state index in [0.29, 0.717) is 35.9 Å². The van der Waals surface area contributed by atoms with Gasteiger partial charge in [0.15, 0.2) is 0 Å². The summed E-state index contributed by atoms with van der Waals surface area (Å²) in [5, 5.41) is 19.1. The van der Waals surface area contributed by atoms with Crippen molar-refractivity contribution in [2.45, 2.75) is 39.8 Å². The van der Waals surface area contributed by atoms with Crippen LogP contribution in [0.15, 0.2) is 60.8 Å². The fourth-order valence-electron chi connectivity index (χ4n) is 5.69. The van der Waals surface area contributed by atoms with Gasteiger partial charge in [-0.05, 0) is 60.5 Å². The molecule has 0 unspecified atom stereocenters. The van der Waals surface area contributed by atoms with Crippen molar-refractivity contribution in [2.24, 2.45) is 5.41 Å². The minimum Gasteiger partial charge on any atom is -0.478 e. The maximum atomic E-state index is 14.3. The topological polar surface area (TPSA) is 123 Å². The van der Waals surface area contributed by atoms with E-state index in [-0.39, 0.29) is 40.8 Å². The molecule has 3 heterocycles. The number of aromatic carboxylic acids is 1.